The number of pyridine rings is 1. The molecule has 2 N–H and O–H groups in total. The molecular formula is C26H21N7O2. The van der Waals surface area contributed by atoms with Crippen molar-refractivity contribution >= 4 is 45.3 Å². The van der Waals surface area contributed by atoms with E-state index in [4.69, 9.17) is 4.74 Å². The fourth-order valence-electron chi connectivity index (χ4n) is 3.65. The van der Waals surface area contributed by atoms with Crippen LogP contribution in [0.15, 0.2) is 61.2 Å². The topological polar surface area (TPSA) is 107 Å². The van der Waals surface area contributed by atoms with Crippen molar-refractivity contribution in [3.8, 4) is 23.3 Å². The number of amides is 1. The average molecular weight is 464 g/mol. The molecule has 5 rings (SSSR count). The van der Waals surface area contributed by atoms with Crippen LogP contribution >= 0.6 is 0 Å². The second-order valence-corrected chi connectivity index (χ2v) is 7.83. The highest BCUT2D eigenvalue weighted by Crippen LogP contribution is 2.31. The lowest BCUT2D eigenvalue weighted by molar-refractivity contribution is -0.111. The molecule has 0 aliphatic carbocycles. The van der Waals surface area contributed by atoms with Crippen LogP contribution in [0.25, 0.3) is 22.1 Å². The summed E-state index contributed by atoms with van der Waals surface area (Å²) < 4.78 is 8.07. The number of rotatable bonds is 5. The molecule has 0 saturated heterocycles. The summed E-state index contributed by atoms with van der Waals surface area (Å²) >= 11 is 0. The number of aryl methyl sites for hydroxylation is 2. The number of carbonyl (C=O) groups excluding carboxylic acids is 1. The molecule has 172 valence electrons. The zero-order chi connectivity index (χ0) is 24.4. The highest BCUT2D eigenvalue weighted by Gasteiger charge is 2.10. The van der Waals surface area contributed by atoms with E-state index in [1.54, 1.807) is 25.4 Å². The van der Waals surface area contributed by atoms with Gasteiger partial charge in [-0.05, 0) is 67.8 Å². The summed E-state index contributed by atoms with van der Waals surface area (Å²) in [6, 6.07) is 15.0. The molecule has 9 nitrogen and oxygen atoms in total. The van der Waals surface area contributed by atoms with Crippen LogP contribution in [0.3, 0.4) is 0 Å². The van der Waals surface area contributed by atoms with Crippen molar-refractivity contribution in [2.45, 2.75) is 13.8 Å². The monoisotopic (exact) mass is 463 g/mol. The van der Waals surface area contributed by atoms with Gasteiger partial charge in [0.2, 0.25) is 0 Å². The zero-order valence-electron chi connectivity index (χ0n) is 19.3. The molecule has 0 radical (unpaired) electrons. The van der Waals surface area contributed by atoms with Gasteiger partial charge in [0.05, 0.1) is 22.9 Å². The van der Waals surface area contributed by atoms with Crippen LogP contribution in [0.5, 0.6) is 11.5 Å². The molecule has 0 atom stereocenters. The smallest absolute Gasteiger partial charge is 0.301 e. The van der Waals surface area contributed by atoms with Crippen LogP contribution in [-0.2, 0) is 11.8 Å². The first-order valence-electron chi connectivity index (χ1n) is 10.8. The Balaban J connectivity index is 1.38. The van der Waals surface area contributed by atoms with Crippen molar-refractivity contribution in [2.75, 3.05) is 10.6 Å². The van der Waals surface area contributed by atoms with Crippen LogP contribution in [0.2, 0.25) is 0 Å². The molecule has 35 heavy (non-hydrogen) atoms. The maximum atomic E-state index is 11.8. The lowest BCUT2D eigenvalue weighted by Gasteiger charge is -2.12. The summed E-state index contributed by atoms with van der Waals surface area (Å²) in [6.07, 6.45) is 3.24. The van der Waals surface area contributed by atoms with Gasteiger partial charge >= 0.3 is 5.91 Å². The van der Waals surface area contributed by atoms with E-state index in [1.165, 1.54) is 6.33 Å². The largest absolute Gasteiger partial charge is 0.457 e. The number of benzene rings is 2. The van der Waals surface area contributed by atoms with Gasteiger partial charge in [-0.3, -0.25) is 10.1 Å². The van der Waals surface area contributed by atoms with Crippen molar-refractivity contribution in [3.05, 3.63) is 66.7 Å². The third-order valence-corrected chi connectivity index (χ3v) is 5.32. The number of ether oxygens (including phenoxy) is 1. The number of carbonyl (C=O) groups is 1. The first kappa shape index (κ1) is 21.9. The van der Waals surface area contributed by atoms with E-state index in [2.05, 4.69) is 42.4 Å². The number of hydrogen-bond acceptors (Lipinski definition) is 7. The van der Waals surface area contributed by atoms with Crippen LogP contribution in [0.4, 0.5) is 17.3 Å². The van der Waals surface area contributed by atoms with Crippen LogP contribution < -0.4 is 15.4 Å². The summed E-state index contributed by atoms with van der Waals surface area (Å²) in [5, 5.41) is 5.94. The van der Waals surface area contributed by atoms with E-state index < -0.39 is 5.91 Å². The molecule has 0 unspecified atom stereocenters. The Morgan fingerprint density at radius 2 is 1.91 bits per heavy atom. The molecule has 3 heterocycles. The zero-order valence-corrected chi connectivity index (χ0v) is 19.3. The fourth-order valence-corrected chi connectivity index (χ4v) is 3.65. The third kappa shape index (κ3) is 4.58. The Morgan fingerprint density at radius 3 is 2.74 bits per heavy atom. The van der Waals surface area contributed by atoms with Gasteiger partial charge in [0.15, 0.2) is 5.82 Å². The molecule has 0 saturated carbocycles. The van der Waals surface area contributed by atoms with E-state index >= 15 is 0 Å². The molecule has 0 aliphatic rings. The van der Waals surface area contributed by atoms with Crippen molar-refractivity contribution in [1.29, 1.82) is 0 Å². The van der Waals surface area contributed by atoms with Gasteiger partial charge in [0.1, 0.15) is 29.2 Å². The molecule has 2 aromatic carbocycles. The highest BCUT2D eigenvalue weighted by atomic mass is 16.5. The summed E-state index contributed by atoms with van der Waals surface area (Å²) in [7, 11) is 1.96. The minimum Gasteiger partial charge on any atom is -0.457 e. The molecule has 9 heteroatoms. The molecule has 0 bridgehead atoms. The SMILES string of the molecule is CC#CC(=O)Nc1ccc2ncnc(Nc3ccc(Oc4ccc5c(c4)ncn5C)c(C)c3)c2n1. The van der Waals surface area contributed by atoms with Crippen LogP contribution in [-0.4, -0.2) is 30.4 Å². The number of anilines is 3. The maximum Gasteiger partial charge on any atom is 0.301 e. The first-order chi connectivity index (χ1) is 17.0. The second-order valence-electron chi connectivity index (χ2n) is 7.83. The van der Waals surface area contributed by atoms with Gasteiger partial charge in [0, 0.05) is 18.8 Å². The van der Waals surface area contributed by atoms with Gasteiger partial charge < -0.3 is 14.6 Å². The van der Waals surface area contributed by atoms with E-state index in [0.717, 1.165) is 28.0 Å². The molecule has 0 aliphatic heterocycles. The Bertz CT molecular complexity index is 1650. The molecule has 5 aromatic rings. The third-order valence-electron chi connectivity index (χ3n) is 5.32. The highest BCUT2D eigenvalue weighted by molar-refractivity contribution is 6.04. The predicted octanol–water partition coefficient (Wildman–Crippen LogP) is 4.72. The van der Waals surface area contributed by atoms with E-state index in [-0.39, 0.29) is 0 Å². The Hall–Kier alpha value is -4.97. The van der Waals surface area contributed by atoms with Crippen molar-refractivity contribution in [1.82, 2.24) is 24.5 Å². The lowest BCUT2D eigenvalue weighted by Crippen LogP contribution is -2.10. The van der Waals surface area contributed by atoms with Gasteiger partial charge in [-0.1, -0.05) is 5.92 Å². The number of imidazole rings is 1. The van der Waals surface area contributed by atoms with E-state index in [1.807, 2.05) is 54.9 Å². The number of nitrogens with zero attached hydrogens (tertiary/aromatic N) is 5. The average Bonchev–Trinajstić information content (AvgIpc) is 3.21. The Kier molecular flexibility index (Phi) is 5.69. The lowest BCUT2D eigenvalue weighted by atomic mass is 10.2. The number of hydrogen-bond donors (Lipinski definition) is 2. The van der Waals surface area contributed by atoms with Crippen LogP contribution in [0.1, 0.15) is 12.5 Å². The van der Waals surface area contributed by atoms with Gasteiger partial charge in [-0.25, -0.2) is 19.9 Å². The normalized spacial score (nSPS) is 10.6. The number of aromatic nitrogens is 5. The minimum absolute atomic E-state index is 0.368. The van der Waals surface area contributed by atoms with Gasteiger partial charge in [-0.2, -0.15) is 0 Å². The quantitative estimate of drug-likeness (QED) is 0.363. The second kappa shape index (κ2) is 9.11. The minimum atomic E-state index is -0.431. The van der Waals surface area contributed by atoms with Gasteiger partial charge in [0.25, 0.3) is 0 Å². The predicted molar refractivity (Wildman–Crippen MR) is 135 cm³/mol. The molecule has 1 amide bonds. The van der Waals surface area contributed by atoms with Crippen molar-refractivity contribution in [3.63, 3.8) is 0 Å². The van der Waals surface area contributed by atoms with Crippen LogP contribution in [0, 0.1) is 18.8 Å². The molecule has 0 spiro atoms. The fraction of sp³-hybridized carbons (Fsp3) is 0.115. The van der Waals surface area contributed by atoms with E-state index in [9.17, 15) is 4.79 Å². The Morgan fingerprint density at radius 1 is 1.03 bits per heavy atom. The van der Waals surface area contributed by atoms with Crippen molar-refractivity contribution < 1.29 is 9.53 Å². The maximum absolute atomic E-state index is 11.8. The number of fused-ring (bicyclic) bond motifs is 2. The summed E-state index contributed by atoms with van der Waals surface area (Å²) in [4.78, 5) is 29.3. The van der Waals surface area contributed by atoms with Crippen molar-refractivity contribution in [2.24, 2.45) is 7.05 Å². The molecule has 0 fully saturated rings. The molecular weight excluding hydrogens is 442 g/mol. The number of nitrogens with one attached hydrogen (secondary N) is 2. The first-order valence-corrected chi connectivity index (χ1v) is 10.8. The Labute approximate surface area is 201 Å². The van der Waals surface area contributed by atoms with Gasteiger partial charge in [-0.15, -0.1) is 0 Å². The summed E-state index contributed by atoms with van der Waals surface area (Å²) in [6.45, 7) is 3.57. The summed E-state index contributed by atoms with van der Waals surface area (Å²) in [5.41, 5.74) is 4.83. The summed E-state index contributed by atoms with van der Waals surface area (Å²) in [5.74, 6) is 6.90. The standard InChI is InChI=1S/C26H21N7O2/c1-4-5-24(34)31-23-11-8-19-25(32-23)26(28-14-27-19)30-17-6-10-22(16(2)12-17)35-18-7-9-21-20(13-18)29-15-33(21)3/h6-15H,1-3H3,(H,27,28,30)(H,31,32,34). The van der Waals surface area contributed by atoms with E-state index in [0.29, 0.717) is 28.4 Å². The molecule has 3 aromatic heterocycles.